The molecular weight excluding hydrogens is 289 g/mol. The molecule has 17 heavy (non-hydrogen) atoms. The number of benzene rings is 1. The lowest BCUT2D eigenvalue weighted by atomic mass is 10.1. The summed E-state index contributed by atoms with van der Waals surface area (Å²) in [7, 11) is 0. The summed E-state index contributed by atoms with van der Waals surface area (Å²) in [6.45, 7) is 3.90. The second kappa shape index (κ2) is 4.70. The van der Waals surface area contributed by atoms with Gasteiger partial charge in [0.05, 0.1) is 22.6 Å². The number of aliphatic hydroxyl groups excluding tert-OH is 1. The van der Waals surface area contributed by atoms with Crippen molar-refractivity contribution in [2.45, 2.75) is 19.9 Å². The van der Waals surface area contributed by atoms with Crippen LogP contribution in [-0.4, -0.2) is 26.7 Å². The van der Waals surface area contributed by atoms with Crippen LogP contribution in [0.15, 0.2) is 16.6 Å². The highest BCUT2D eigenvalue weighted by Crippen LogP contribution is 2.27. The van der Waals surface area contributed by atoms with Gasteiger partial charge in [-0.25, -0.2) is 9.07 Å². The van der Waals surface area contributed by atoms with E-state index in [0.717, 1.165) is 0 Å². The normalized spacial score (nSPS) is 13.5. The molecule has 4 nitrogen and oxygen atoms in total. The highest BCUT2D eigenvalue weighted by Gasteiger charge is 2.19. The molecule has 0 amide bonds. The first-order chi connectivity index (χ1) is 8.04. The largest absolute Gasteiger partial charge is 0.394 e. The molecule has 0 fully saturated rings. The van der Waals surface area contributed by atoms with E-state index >= 15 is 0 Å². The number of aromatic nitrogens is 3. The van der Waals surface area contributed by atoms with Crippen LogP contribution in [0.3, 0.4) is 0 Å². The quantitative estimate of drug-likeness (QED) is 0.948. The monoisotopic (exact) mass is 301 g/mol. The zero-order chi connectivity index (χ0) is 12.6. The average Bonchev–Trinajstić information content (AvgIpc) is 2.63. The molecule has 1 atom stereocenters. The third-order valence-electron chi connectivity index (χ3n) is 2.77. The molecule has 6 heteroatoms. The molecule has 0 bridgehead atoms. The van der Waals surface area contributed by atoms with Gasteiger partial charge in [0, 0.05) is 6.07 Å². The fraction of sp³-hybridized carbons (Fsp3) is 0.455. The molecule has 1 aromatic heterocycles. The molecule has 1 N–H and O–H groups in total. The molecule has 0 spiro atoms. The minimum atomic E-state index is -0.353. The summed E-state index contributed by atoms with van der Waals surface area (Å²) in [6, 6.07) is 2.53. The Morgan fingerprint density at radius 3 is 2.76 bits per heavy atom. The van der Waals surface area contributed by atoms with Crippen LogP contribution in [0.2, 0.25) is 0 Å². The van der Waals surface area contributed by atoms with Gasteiger partial charge in [-0.1, -0.05) is 19.1 Å². The molecular formula is C11H13BrFN3O. The van der Waals surface area contributed by atoms with E-state index in [-0.39, 0.29) is 24.4 Å². The Bertz CT molecular complexity index is 541. The summed E-state index contributed by atoms with van der Waals surface area (Å²) >= 11 is 3.25. The molecule has 0 saturated heterocycles. The second-order valence-electron chi connectivity index (χ2n) is 4.28. The van der Waals surface area contributed by atoms with Gasteiger partial charge in [0.15, 0.2) is 0 Å². The minimum absolute atomic E-state index is 0.0513. The fourth-order valence-electron chi connectivity index (χ4n) is 1.78. The van der Waals surface area contributed by atoms with Gasteiger partial charge in [0.25, 0.3) is 0 Å². The van der Waals surface area contributed by atoms with E-state index < -0.39 is 0 Å². The van der Waals surface area contributed by atoms with E-state index in [4.69, 9.17) is 0 Å². The zero-order valence-corrected chi connectivity index (χ0v) is 11.1. The summed E-state index contributed by atoms with van der Waals surface area (Å²) < 4.78 is 15.5. The topological polar surface area (TPSA) is 50.9 Å². The van der Waals surface area contributed by atoms with Gasteiger partial charge in [-0.15, -0.1) is 5.10 Å². The summed E-state index contributed by atoms with van der Waals surface area (Å²) in [5.41, 5.74) is 1.19. The van der Waals surface area contributed by atoms with Gasteiger partial charge < -0.3 is 5.11 Å². The first-order valence-corrected chi connectivity index (χ1v) is 6.14. The van der Waals surface area contributed by atoms with Crippen molar-refractivity contribution in [3.63, 3.8) is 0 Å². The van der Waals surface area contributed by atoms with Crippen LogP contribution >= 0.6 is 15.9 Å². The van der Waals surface area contributed by atoms with Gasteiger partial charge in [0.1, 0.15) is 11.3 Å². The molecule has 0 aliphatic heterocycles. The average molecular weight is 302 g/mol. The number of aliphatic hydroxyl groups is 1. The first kappa shape index (κ1) is 12.4. The lowest BCUT2D eigenvalue weighted by molar-refractivity contribution is 0.184. The van der Waals surface area contributed by atoms with Gasteiger partial charge >= 0.3 is 0 Å². The predicted molar refractivity (Wildman–Crippen MR) is 66.1 cm³/mol. The van der Waals surface area contributed by atoms with Crippen molar-refractivity contribution in [2.75, 3.05) is 6.61 Å². The maximum absolute atomic E-state index is 13.4. The molecule has 92 valence electrons. The highest BCUT2D eigenvalue weighted by molar-refractivity contribution is 9.10. The Balaban J connectivity index is 2.63. The van der Waals surface area contributed by atoms with Gasteiger partial charge in [-0.2, -0.15) is 0 Å². The maximum Gasteiger partial charge on any atom is 0.127 e. The Labute approximate surface area is 107 Å². The number of halogens is 2. The minimum Gasteiger partial charge on any atom is -0.394 e. The van der Waals surface area contributed by atoms with Crippen molar-refractivity contribution in [2.24, 2.45) is 5.92 Å². The molecule has 0 aliphatic carbocycles. The van der Waals surface area contributed by atoms with Crippen LogP contribution in [0.1, 0.15) is 19.9 Å². The van der Waals surface area contributed by atoms with Crippen LogP contribution in [0.5, 0.6) is 0 Å². The summed E-state index contributed by atoms with van der Waals surface area (Å²) in [5, 5.41) is 17.4. The van der Waals surface area contributed by atoms with Crippen molar-refractivity contribution in [1.29, 1.82) is 0 Å². The van der Waals surface area contributed by atoms with Gasteiger partial charge in [0.2, 0.25) is 0 Å². The predicted octanol–water partition coefficient (Wildman–Crippen LogP) is 2.52. The van der Waals surface area contributed by atoms with Crippen LogP contribution in [0.25, 0.3) is 11.0 Å². The lowest BCUT2D eigenvalue weighted by Crippen LogP contribution is -2.20. The van der Waals surface area contributed by atoms with Gasteiger partial charge in [-0.3, -0.25) is 0 Å². The number of fused-ring (bicyclic) bond motifs is 1. The summed E-state index contributed by atoms with van der Waals surface area (Å²) in [6.07, 6.45) is 0. The fourth-order valence-corrected chi connectivity index (χ4v) is 2.28. The molecule has 2 aromatic rings. The molecule has 1 unspecified atom stereocenters. The van der Waals surface area contributed by atoms with Crippen molar-refractivity contribution in [3.8, 4) is 0 Å². The van der Waals surface area contributed by atoms with E-state index in [1.807, 2.05) is 13.8 Å². The Morgan fingerprint density at radius 2 is 2.18 bits per heavy atom. The summed E-state index contributed by atoms with van der Waals surface area (Å²) in [4.78, 5) is 0. The van der Waals surface area contributed by atoms with Crippen LogP contribution in [0, 0.1) is 11.7 Å². The SMILES string of the molecule is CC(C)C(CO)n1nnc2c(Br)cc(F)cc21. The second-order valence-corrected chi connectivity index (χ2v) is 5.14. The molecule has 0 aliphatic rings. The number of hydrogen-bond donors (Lipinski definition) is 1. The Kier molecular flexibility index (Phi) is 3.44. The van der Waals surface area contributed by atoms with Crippen LogP contribution < -0.4 is 0 Å². The number of hydrogen-bond acceptors (Lipinski definition) is 3. The Hall–Kier alpha value is -1.01. The van der Waals surface area contributed by atoms with Crippen molar-refractivity contribution in [3.05, 3.63) is 22.4 Å². The van der Waals surface area contributed by atoms with E-state index in [9.17, 15) is 9.50 Å². The first-order valence-electron chi connectivity index (χ1n) is 5.35. The van der Waals surface area contributed by atoms with Crippen molar-refractivity contribution in [1.82, 2.24) is 15.0 Å². The van der Waals surface area contributed by atoms with Crippen LogP contribution in [0.4, 0.5) is 4.39 Å². The Morgan fingerprint density at radius 1 is 1.47 bits per heavy atom. The molecule has 1 heterocycles. The smallest absolute Gasteiger partial charge is 0.127 e. The third kappa shape index (κ3) is 2.19. The molecule has 1 aromatic carbocycles. The lowest BCUT2D eigenvalue weighted by Gasteiger charge is -2.18. The van der Waals surface area contributed by atoms with Crippen LogP contribution in [-0.2, 0) is 0 Å². The van der Waals surface area contributed by atoms with Crippen molar-refractivity contribution < 1.29 is 9.50 Å². The molecule has 2 rings (SSSR count). The van der Waals surface area contributed by atoms with E-state index in [0.29, 0.717) is 15.5 Å². The maximum atomic E-state index is 13.4. The van der Waals surface area contributed by atoms with E-state index in [1.54, 1.807) is 4.68 Å². The van der Waals surface area contributed by atoms with E-state index in [1.165, 1.54) is 12.1 Å². The van der Waals surface area contributed by atoms with Crippen molar-refractivity contribution >= 4 is 27.0 Å². The standard InChI is InChI=1S/C11H13BrFN3O/c1-6(2)10(5-17)16-9-4-7(13)3-8(12)11(9)14-15-16/h3-4,6,10,17H,5H2,1-2H3. The molecule has 0 radical (unpaired) electrons. The third-order valence-corrected chi connectivity index (χ3v) is 3.37. The number of rotatable bonds is 3. The van der Waals surface area contributed by atoms with E-state index in [2.05, 4.69) is 26.2 Å². The number of nitrogens with zero attached hydrogens (tertiary/aromatic N) is 3. The zero-order valence-electron chi connectivity index (χ0n) is 9.56. The van der Waals surface area contributed by atoms with Gasteiger partial charge in [-0.05, 0) is 27.9 Å². The highest BCUT2D eigenvalue weighted by atomic mass is 79.9. The summed E-state index contributed by atoms with van der Waals surface area (Å²) in [5.74, 6) is -0.166. The molecule has 0 saturated carbocycles.